The predicted octanol–water partition coefficient (Wildman–Crippen LogP) is 4.76. The summed E-state index contributed by atoms with van der Waals surface area (Å²) in [4.78, 5) is 16.5. The Labute approximate surface area is 137 Å². The molecule has 110 valence electrons. The Kier molecular flexibility index (Phi) is 3.93. The van der Waals surface area contributed by atoms with Crippen molar-refractivity contribution < 1.29 is 4.79 Å². The van der Waals surface area contributed by atoms with Crippen molar-refractivity contribution in [3.8, 4) is 0 Å². The summed E-state index contributed by atoms with van der Waals surface area (Å²) in [5.74, 6) is 0.204. The third kappa shape index (κ3) is 2.67. The Balaban J connectivity index is 1.95. The van der Waals surface area contributed by atoms with Crippen LogP contribution in [0.2, 0.25) is 0 Å². The number of hydrogen-bond donors (Lipinski definition) is 0. The molecule has 1 unspecified atom stereocenters. The van der Waals surface area contributed by atoms with Crippen LogP contribution in [0, 0.1) is 13.8 Å². The molecule has 1 aromatic heterocycles. The molecule has 0 radical (unpaired) electrons. The van der Waals surface area contributed by atoms with Crippen molar-refractivity contribution in [1.82, 2.24) is 0 Å². The summed E-state index contributed by atoms with van der Waals surface area (Å²) in [6, 6.07) is 8.69. The van der Waals surface area contributed by atoms with E-state index in [9.17, 15) is 4.79 Å². The minimum atomic E-state index is 0.204. The van der Waals surface area contributed by atoms with E-state index >= 15 is 0 Å². The molecule has 1 atom stereocenters. The summed E-state index contributed by atoms with van der Waals surface area (Å²) < 4.78 is 0. The average molecular weight is 364 g/mol. The Hall–Kier alpha value is -1.13. The van der Waals surface area contributed by atoms with Crippen LogP contribution in [-0.4, -0.2) is 13.0 Å². The molecule has 2 nitrogen and oxygen atoms in total. The third-order valence-electron chi connectivity index (χ3n) is 4.17. The van der Waals surface area contributed by atoms with Gasteiger partial charge in [0.15, 0.2) is 0 Å². The number of carbonyl (C=O) groups is 1. The van der Waals surface area contributed by atoms with Crippen LogP contribution in [0.1, 0.15) is 37.7 Å². The van der Waals surface area contributed by atoms with Gasteiger partial charge in [0.25, 0.3) is 0 Å². The van der Waals surface area contributed by atoms with E-state index in [-0.39, 0.29) is 10.7 Å². The maximum absolute atomic E-state index is 11.8. The van der Waals surface area contributed by atoms with Gasteiger partial charge in [0, 0.05) is 28.9 Å². The fourth-order valence-corrected chi connectivity index (χ4v) is 4.47. The molecule has 4 heteroatoms. The number of benzene rings is 1. The second kappa shape index (κ2) is 5.58. The second-order valence-corrected chi connectivity index (χ2v) is 7.80. The Morgan fingerprint density at radius 1 is 1.24 bits per heavy atom. The van der Waals surface area contributed by atoms with Gasteiger partial charge in [-0.05, 0) is 49.1 Å². The highest BCUT2D eigenvalue weighted by atomic mass is 79.9. The largest absolute Gasteiger partial charge is 0.315 e. The van der Waals surface area contributed by atoms with E-state index in [0.29, 0.717) is 6.42 Å². The Morgan fingerprint density at radius 3 is 2.67 bits per heavy atom. The molecule has 0 fully saturated rings. The molecule has 2 heterocycles. The number of halogens is 1. The highest BCUT2D eigenvalue weighted by Crippen LogP contribution is 2.39. The molecular formula is C17H18BrNOS. The number of nitrogens with zero attached hydrogens (tertiary/aromatic N) is 1. The first-order valence-corrected chi connectivity index (χ1v) is 8.81. The van der Waals surface area contributed by atoms with Gasteiger partial charge in [-0.2, -0.15) is 0 Å². The standard InChI is InChI=1S/C17H18BrNOS/c1-10-8-15(21-11(10)2)17(18)13-4-6-14-12(9-13)5-7-16(20)19(14)3/h4,6,8-9,17H,5,7H2,1-3H3. The first-order chi connectivity index (χ1) is 9.97. The fourth-order valence-electron chi connectivity index (χ4n) is 2.73. The molecule has 0 saturated carbocycles. The number of thiophene rings is 1. The van der Waals surface area contributed by atoms with Crippen molar-refractivity contribution in [3.63, 3.8) is 0 Å². The first kappa shape index (κ1) is 14.8. The van der Waals surface area contributed by atoms with Crippen LogP contribution in [0.4, 0.5) is 5.69 Å². The number of aryl methyl sites for hydroxylation is 3. The van der Waals surface area contributed by atoms with E-state index in [1.165, 1.54) is 26.4 Å². The maximum atomic E-state index is 11.8. The van der Waals surface area contributed by atoms with Gasteiger partial charge in [0.05, 0.1) is 4.83 Å². The number of rotatable bonds is 2. The number of fused-ring (bicyclic) bond motifs is 1. The smallest absolute Gasteiger partial charge is 0.227 e. The molecule has 0 bridgehead atoms. The summed E-state index contributed by atoms with van der Waals surface area (Å²) in [7, 11) is 1.86. The summed E-state index contributed by atoms with van der Waals surface area (Å²) in [5.41, 5.74) is 4.93. The van der Waals surface area contributed by atoms with Gasteiger partial charge in [-0.15, -0.1) is 11.3 Å². The van der Waals surface area contributed by atoms with Gasteiger partial charge in [-0.25, -0.2) is 0 Å². The fraction of sp³-hybridized carbons (Fsp3) is 0.353. The van der Waals surface area contributed by atoms with Gasteiger partial charge in [-0.3, -0.25) is 4.79 Å². The van der Waals surface area contributed by atoms with Gasteiger partial charge >= 0.3 is 0 Å². The molecule has 1 aliphatic rings. The predicted molar refractivity (Wildman–Crippen MR) is 92.7 cm³/mol. The molecule has 1 aliphatic heterocycles. The number of alkyl halides is 1. The SMILES string of the molecule is Cc1cc(C(Br)c2ccc3c(c2)CCC(=O)N3C)sc1C. The lowest BCUT2D eigenvalue weighted by atomic mass is 9.97. The zero-order valence-corrected chi connectivity index (χ0v) is 14.8. The zero-order chi connectivity index (χ0) is 15.1. The number of anilines is 1. The summed E-state index contributed by atoms with van der Waals surface area (Å²) in [6.07, 6.45) is 1.45. The van der Waals surface area contributed by atoms with Crippen molar-refractivity contribution in [2.24, 2.45) is 0 Å². The summed E-state index contributed by atoms with van der Waals surface area (Å²) in [6.45, 7) is 4.32. The highest BCUT2D eigenvalue weighted by Gasteiger charge is 2.22. The molecular weight excluding hydrogens is 346 g/mol. The van der Waals surface area contributed by atoms with Crippen LogP contribution in [-0.2, 0) is 11.2 Å². The van der Waals surface area contributed by atoms with E-state index < -0.39 is 0 Å². The Bertz CT molecular complexity index is 687. The van der Waals surface area contributed by atoms with Gasteiger partial charge in [0.2, 0.25) is 5.91 Å². The lowest BCUT2D eigenvalue weighted by molar-refractivity contribution is -0.118. The number of hydrogen-bond acceptors (Lipinski definition) is 2. The molecule has 0 N–H and O–H groups in total. The van der Waals surface area contributed by atoms with Crippen LogP contribution >= 0.6 is 27.3 Å². The minimum absolute atomic E-state index is 0.204. The van der Waals surface area contributed by atoms with Crippen molar-refractivity contribution >= 4 is 38.9 Å². The molecule has 0 spiro atoms. The van der Waals surface area contributed by atoms with Crippen molar-refractivity contribution in [2.75, 3.05) is 11.9 Å². The first-order valence-electron chi connectivity index (χ1n) is 7.07. The molecule has 21 heavy (non-hydrogen) atoms. The lowest BCUT2D eigenvalue weighted by Crippen LogP contribution is -2.31. The Morgan fingerprint density at radius 2 is 2.00 bits per heavy atom. The van der Waals surface area contributed by atoms with Gasteiger partial charge < -0.3 is 4.90 Å². The quantitative estimate of drug-likeness (QED) is 0.704. The zero-order valence-electron chi connectivity index (χ0n) is 12.4. The van der Waals surface area contributed by atoms with E-state index in [1.807, 2.05) is 18.4 Å². The normalized spacial score (nSPS) is 16.0. The van der Waals surface area contributed by atoms with Crippen LogP contribution in [0.25, 0.3) is 0 Å². The summed E-state index contributed by atoms with van der Waals surface area (Å²) >= 11 is 5.67. The van der Waals surface area contributed by atoms with Crippen molar-refractivity contribution in [1.29, 1.82) is 0 Å². The number of carbonyl (C=O) groups excluding carboxylic acids is 1. The van der Waals surface area contributed by atoms with E-state index in [1.54, 1.807) is 4.90 Å². The molecule has 1 aromatic carbocycles. The van der Waals surface area contributed by atoms with Gasteiger partial charge in [-0.1, -0.05) is 28.1 Å². The van der Waals surface area contributed by atoms with Crippen molar-refractivity contribution in [3.05, 3.63) is 50.7 Å². The molecule has 1 amide bonds. The maximum Gasteiger partial charge on any atom is 0.227 e. The van der Waals surface area contributed by atoms with Crippen LogP contribution in [0.3, 0.4) is 0 Å². The van der Waals surface area contributed by atoms with E-state index in [2.05, 4.69) is 54.0 Å². The van der Waals surface area contributed by atoms with Crippen molar-refractivity contribution in [2.45, 2.75) is 31.5 Å². The monoisotopic (exact) mass is 363 g/mol. The van der Waals surface area contributed by atoms with Crippen LogP contribution in [0.15, 0.2) is 24.3 Å². The second-order valence-electron chi connectivity index (χ2n) is 5.59. The molecule has 0 aliphatic carbocycles. The molecule has 3 rings (SSSR count). The van der Waals surface area contributed by atoms with Crippen LogP contribution in [0.5, 0.6) is 0 Å². The van der Waals surface area contributed by atoms with Gasteiger partial charge in [0.1, 0.15) is 0 Å². The minimum Gasteiger partial charge on any atom is -0.315 e. The lowest BCUT2D eigenvalue weighted by Gasteiger charge is -2.26. The molecule has 0 saturated heterocycles. The third-order valence-corrected chi connectivity index (χ3v) is 6.72. The molecule has 2 aromatic rings. The number of amides is 1. The van der Waals surface area contributed by atoms with Crippen LogP contribution < -0.4 is 4.90 Å². The summed E-state index contributed by atoms with van der Waals surface area (Å²) in [5, 5.41) is 0. The van der Waals surface area contributed by atoms with E-state index in [4.69, 9.17) is 0 Å². The van der Waals surface area contributed by atoms with E-state index in [0.717, 1.165) is 12.1 Å². The average Bonchev–Trinajstić information content (AvgIpc) is 2.81. The topological polar surface area (TPSA) is 20.3 Å². The highest BCUT2D eigenvalue weighted by molar-refractivity contribution is 9.09.